The van der Waals surface area contributed by atoms with Gasteiger partial charge in [0.2, 0.25) is 5.91 Å². The maximum atomic E-state index is 12.2. The summed E-state index contributed by atoms with van der Waals surface area (Å²) < 4.78 is 6.86. The Bertz CT molecular complexity index is 1080. The number of methoxy groups -OCH3 is 1. The Morgan fingerprint density at radius 3 is 2.96 bits per heavy atom. The number of hydrogen-bond acceptors (Lipinski definition) is 7. The Hall–Kier alpha value is -2.91. The Kier molecular flexibility index (Phi) is 5.03. The second-order valence-corrected chi connectivity index (χ2v) is 7.45. The number of benzene rings is 1. The molecule has 0 aliphatic carbocycles. The summed E-state index contributed by atoms with van der Waals surface area (Å²) in [5, 5.41) is 18.5. The first kappa shape index (κ1) is 17.5. The second-order valence-electron chi connectivity index (χ2n) is 5.51. The molecule has 1 aromatic carbocycles. The molecule has 136 valence electrons. The van der Waals surface area contributed by atoms with Crippen molar-refractivity contribution in [2.24, 2.45) is 0 Å². The van der Waals surface area contributed by atoms with E-state index in [1.165, 1.54) is 11.8 Å². The van der Waals surface area contributed by atoms with Gasteiger partial charge in [-0.1, -0.05) is 23.9 Å². The molecule has 3 heterocycles. The fraction of sp³-hybridized carbons (Fsp3) is 0.111. The number of carbonyl (C=O) groups excluding carboxylic acids is 1. The third-order valence-corrected chi connectivity index (χ3v) is 5.47. The molecule has 1 amide bonds. The van der Waals surface area contributed by atoms with E-state index in [1.54, 1.807) is 29.0 Å². The molecule has 0 aliphatic heterocycles. The third kappa shape index (κ3) is 3.93. The van der Waals surface area contributed by atoms with E-state index in [0.29, 0.717) is 22.9 Å². The Morgan fingerprint density at radius 2 is 2.15 bits per heavy atom. The number of thioether (sulfide) groups is 1. The first-order valence-corrected chi connectivity index (χ1v) is 9.92. The van der Waals surface area contributed by atoms with Crippen LogP contribution >= 0.6 is 23.1 Å². The van der Waals surface area contributed by atoms with Crippen LogP contribution in [0.2, 0.25) is 0 Å². The maximum absolute atomic E-state index is 12.2. The molecule has 0 fully saturated rings. The van der Waals surface area contributed by atoms with E-state index in [2.05, 4.69) is 20.6 Å². The molecule has 0 spiro atoms. The highest BCUT2D eigenvalue weighted by atomic mass is 32.2. The summed E-state index contributed by atoms with van der Waals surface area (Å²) in [6.45, 7) is 0. The molecule has 27 heavy (non-hydrogen) atoms. The van der Waals surface area contributed by atoms with Gasteiger partial charge in [0.15, 0.2) is 11.5 Å². The number of amides is 1. The van der Waals surface area contributed by atoms with Crippen molar-refractivity contribution in [1.82, 2.24) is 19.8 Å². The quantitative estimate of drug-likeness (QED) is 0.501. The lowest BCUT2D eigenvalue weighted by atomic mass is 10.3. The number of aromatic nitrogens is 4. The lowest BCUT2D eigenvalue weighted by Crippen LogP contribution is -2.14. The topological polar surface area (TPSA) is 81.4 Å². The molecule has 0 bridgehead atoms. The molecule has 0 saturated heterocycles. The molecule has 7 nitrogen and oxygen atoms in total. The first-order chi connectivity index (χ1) is 13.2. The maximum Gasteiger partial charge on any atom is 0.234 e. The van der Waals surface area contributed by atoms with Crippen LogP contribution in [0.5, 0.6) is 5.75 Å². The van der Waals surface area contributed by atoms with Crippen LogP contribution in [-0.4, -0.2) is 38.6 Å². The van der Waals surface area contributed by atoms with Crippen molar-refractivity contribution in [3.63, 3.8) is 0 Å². The summed E-state index contributed by atoms with van der Waals surface area (Å²) in [4.78, 5) is 13.2. The highest BCUT2D eigenvalue weighted by molar-refractivity contribution is 7.99. The smallest absolute Gasteiger partial charge is 0.234 e. The largest absolute Gasteiger partial charge is 0.497 e. The van der Waals surface area contributed by atoms with Gasteiger partial charge >= 0.3 is 0 Å². The van der Waals surface area contributed by atoms with E-state index in [-0.39, 0.29) is 11.7 Å². The minimum atomic E-state index is -0.114. The molecule has 3 aromatic heterocycles. The molecular weight excluding hydrogens is 382 g/mol. The van der Waals surface area contributed by atoms with Crippen LogP contribution in [0.3, 0.4) is 0 Å². The molecule has 0 atom stereocenters. The summed E-state index contributed by atoms with van der Waals surface area (Å²) in [5.41, 5.74) is 1.37. The highest BCUT2D eigenvalue weighted by Crippen LogP contribution is 2.24. The van der Waals surface area contributed by atoms with Gasteiger partial charge in [0, 0.05) is 11.8 Å². The third-order valence-electron chi connectivity index (χ3n) is 3.68. The number of ether oxygens (including phenoxy) is 1. The Balaban J connectivity index is 1.45. The van der Waals surface area contributed by atoms with Crippen LogP contribution in [0.25, 0.3) is 16.3 Å². The zero-order valence-corrected chi connectivity index (χ0v) is 16.0. The van der Waals surface area contributed by atoms with Crippen LogP contribution in [0.4, 0.5) is 5.69 Å². The molecule has 0 saturated carbocycles. The van der Waals surface area contributed by atoms with Gasteiger partial charge in [-0.15, -0.1) is 21.5 Å². The summed E-state index contributed by atoms with van der Waals surface area (Å²) in [5.74, 6) is 1.52. The van der Waals surface area contributed by atoms with E-state index in [4.69, 9.17) is 4.74 Å². The van der Waals surface area contributed by atoms with Crippen molar-refractivity contribution in [3.05, 3.63) is 53.9 Å². The van der Waals surface area contributed by atoms with Crippen LogP contribution in [0, 0.1) is 0 Å². The van der Waals surface area contributed by atoms with E-state index < -0.39 is 0 Å². The first-order valence-electron chi connectivity index (χ1n) is 8.06. The molecule has 9 heteroatoms. The van der Waals surface area contributed by atoms with Crippen molar-refractivity contribution in [2.75, 3.05) is 18.2 Å². The minimum Gasteiger partial charge on any atom is -0.497 e. The molecule has 0 radical (unpaired) electrons. The lowest BCUT2D eigenvalue weighted by molar-refractivity contribution is -0.113. The highest BCUT2D eigenvalue weighted by Gasteiger charge is 2.12. The molecule has 4 rings (SSSR count). The number of thiophene rings is 1. The van der Waals surface area contributed by atoms with Crippen molar-refractivity contribution >= 4 is 40.3 Å². The summed E-state index contributed by atoms with van der Waals surface area (Å²) in [6, 6.07) is 14.9. The van der Waals surface area contributed by atoms with Gasteiger partial charge in [-0.2, -0.15) is 9.61 Å². The monoisotopic (exact) mass is 397 g/mol. The van der Waals surface area contributed by atoms with Gasteiger partial charge in [0.05, 0.1) is 17.7 Å². The number of nitrogens with one attached hydrogen (secondary N) is 1. The van der Waals surface area contributed by atoms with E-state index in [0.717, 1.165) is 9.90 Å². The molecular formula is C18H15N5O2S2. The fourth-order valence-electron chi connectivity index (χ4n) is 2.45. The predicted molar refractivity (Wildman–Crippen MR) is 106 cm³/mol. The van der Waals surface area contributed by atoms with Crippen LogP contribution in [0.1, 0.15) is 0 Å². The number of nitrogens with zero attached hydrogens (tertiary/aromatic N) is 4. The van der Waals surface area contributed by atoms with Gasteiger partial charge in [0.1, 0.15) is 10.8 Å². The van der Waals surface area contributed by atoms with E-state index in [9.17, 15) is 4.79 Å². The van der Waals surface area contributed by atoms with Crippen LogP contribution in [0.15, 0.2) is 58.9 Å². The van der Waals surface area contributed by atoms with Crippen molar-refractivity contribution < 1.29 is 9.53 Å². The van der Waals surface area contributed by atoms with Crippen molar-refractivity contribution in [2.45, 2.75) is 5.03 Å². The number of rotatable bonds is 6. The summed E-state index contributed by atoms with van der Waals surface area (Å²) >= 11 is 2.93. The molecule has 1 N–H and O–H groups in total. The van der Waals surface area contributed by atoms with Crippen molar-refractivity contribution in [3.8, 4) is 16.5 Å². The van der Waals surface area contributed by atoms with Gasteiger partial charge in [-0.3, -0.25) is 4.79 Å². The van der Waals surface area contributed by atoms with Gasteiger partial charge < -0.3 is 10.1 Å². The Morgan fingerprint density at radius 1 is 1.22 bits per heavy atom. The predicted octanol–water partition coefficient (Wildman–Crippen LogP) is 3.59. The van der Waals surface area contributed by atoms with Crippen molar-refractivity contribution in [1.29, 1.82) is 0 Å². The molecule has 0 unspecified atom stereocenters. The fourth-order valence-corrected chi connectivity index (χ4v) is 3.79. The normalized spacial score (nSPS) is 10.9. The van der Waals surface area contributed by atoms with Crippen LogP contribution < -0.4 is 10.1 Å². The van der Waals surface area contributed by atoms with E-state index in [1.807, 2.05) is 47.8 Å². The number of hydrogen-bond donors (Lipinski definition) is 1. The van der Waals surface area contributed by atoms with E-state index >= 15 is 0 Å². The average Bonchev–Trinajstić information content (AvgIpc) is 3.35. The van der Waals surface area contributed by atoms with Gasteiger partial charge in [0.25, 0.3) is 0 Å². The summed E-state index contributed by atoms with van der Waals surface area (Å²) in [6.07, 6.45) is 0. The lowest BCUT2D eigenvalue weighted by Gasteiger charge is -2.07. The molecule has 0 aliphatic rings. The zero-order valence-electron chi connectivity index (χ0n) is 14.3. The molecule has 4 aromatic rings. The Labute approximate surface area is 163 Å². The van der Waals surface area contributed by atoms with Gasteiger partial charge in [-0.25, -0.2) is 0 Å². The zero-order chi connectivity index (χ0) is 18.6. The summed E-state index contributed by atoms with van der Waals surface area (Å²) in [7, 11) is 1.59. The van der Waals surface area contributed by atoms with Gasteiger partial charge in [-0.05, 0) is 35.7 Å². The SMILES string of the molecule is COc1cccc(NC(=O)CSc2ccc3nnc(-c4cccs4)n3n2)c1. The standard InChI is InChI=1S/C18H15N5O2S2/c1-25-13-5-2-4-12(10-13)19-16(24)11-27-17-8-7-15-20-21-18(23(15)22-17)14-6-3-9-26-14/h2-10H,11H2,1H3,(H,19,24). The minimum absolute atomic E-state index is 0.114. The second kappa shape index (κ2) is 7.77. The number of carbonyl (C=O) groups is 1. The number of fused-ring (bicyclic) bond motifs is 1. The number of anilines is 1. The average molecular weight is 397 g/mol. The van der Waals surface area contributed by atoms with Crippen LogP contribution in [-0.2, 0) is 4.79 Å².